The second kappa shape index (κ2) is 9.27. The van der Waals surface area contributed by atoms with Crippen LogP contribution in [0.15, 0.2) is 64.2 Å². The first-order chi connectivity index (χ1) is 14.2. The Hall–Kier alpha value is -2.60. The monoisotopic (exact) mass is 407 g/mol. The van der Waals surface area contributed by atoms with Crippen LogP contribution < -0.4 is 0 Å². The lowest BCUT2D eigenvalue weighted by Crippen LogP contribution is -2.39. The summed E-state index contributed by atoms with van der Waals surface area (Å²) < 4.78 is 5.74. The molecule has 0 saturated carbocycles. The van der Waals surface area contributed by atoms with Gasteiger partial charge in [-0.25, -0.2) is 0 Å². The Morgan fingerprint density at radius 2 is 1.79 bits per heavy atom. The van der Waals surface area contributed by atoms with E-state index in [0.717, 1.165) is 43.5 Å². The van der Waals surface area contributed by atoms with Crippen molar-refractivity contribution in [1.29, 1.82) is 0 Å². The number of thioether (sulfide) groups is 1. The van der Waals surface area contributed by atoms with Crippen molar-refractivity contribution in [2.45, 2.75) is 31.4 Å². The molecule has 1 fully saturated rings. The predicted molar refractivity (Wildman–Crippen MR) is 115 cm³/mol. The molecule has 29 heavy (non-hydrogen) atoms. The molecule has 150 valence electrons. The van der Waals surface area contributed by atoms with Gasteiger partial charge in [0, 0.05) is 18.7 Å². The third kappa shape index (κ3) is 5.07. The Bertz CT molecular complexity index is 950. The molecule has 0 aliphatic carbocycles. The van der Waals surface area contributed by atoms with Crippen LogP contribution in [0.2, 0.25) is 0 Å². The predicted octanol–water partition coefficient (Wildman–Crippen LogP) is 4.62. The van der Waals surface area contributed by atoms with Gasteiger partial charge in [-0.2, -0.15) is 0 Å². The van der Waals surface area contributed by atoms with E-state index in [-0.39, 0.29) is 5.91 Å². The number of nitrogens with zero attached hydrogens (tertiary/aromatic N) is 3. The van der Waals surface area contributed by atoms with E-state index < -0.39 is 0 Å². The van der Waals surface area contributed by atoms with E-state index in [1.807, 2.05) is 36.1 Å². The highest BCUT2D eigenvalue weighted by Gasteiger charge is 2.23. The Morgan fingerprint density at radius 3 is 2.55 bits per heavy atom. The van der Waals surface area contributed by atoms with Crippen LogP contribution in [0.4, 0.5) is 0 Å². The molecule has 0 unspecified atom stereocenters. The maximum absolute atomic E-state index is 12.6. The van der Waals surface area contributed by atoms with Crippen molar-refractivity contribution in [3.05, 3.63) is 65.7 Å². The lowest BCUT2D eigenvalue weighted by Gasteiger charge is -2.32. The van der Waals surface area contributed by atoms with Gasteiger partial charge < -0.3 is 9.32 Å². The summed E-state index contributed by atoms with van der Waals surface area (Å²) in [4.78, 5) is 14.5. The number of rotatable bonds is 6. The highest BCUT2D eigenvalue weighted by atomic mass is 32.2. The third-order valence-corrected chi connectivity index (χ3v) is 6.24. The van der Waals surface area contributed by atoms with Gasteiger partial charge in [0.05, 0.1) is 5.75 Å². The highest BCUT2D eigenvalue weighted by Crippen LogP contribution is 2.26. The lowest BCUT2D eigenvalue weighted by atomic mass is 9.90. The number of carbonyl (C=O) groups excluding carboxylic acids is 1. The maximum atomic E-state index is 12.6. The van der Waals surface area contributed by atoms with Crippen LogP contribution in [0.5, 0.6) is 0 Å². The second-order valence-electron chi connectivity index (χ2n) is 7.49. The average Bonchev–Trinajstić information content (AvgIpc) is 3.22. The fraction of sp³-hybridized carbons (Fsp3) is 0.348. The molecule has 0 bridgehead atoms. The van der Waals surface area contributed by atoms with E-state index >= 15 is 0 Å². The van der Waals surface area contributed by atoms with E-state index in [2.05, 4.69) is 40.5 Å². The zero-order valence-corrected chi connectivity index (χ0v) is 17.4. The molecule has 0 radical (unpaired) electrons. The van der Waals surface area contributed by atoms with E-state index in [0.29, 0.717) is 22.8 Å². The minimum absolute atomic E-state index is 0.142. The summed E-state index contributed by atoms with van der Waals surface area (Å²) in [6.45, 7) is 3.67. The highest BCUT2D eigenvalue weighted by molar-refractivity contribution is 7.99. The molecule has 2 heterocycles. The second-order valence-corrected chi connectivity index (χ2v) is 8.42. The first kappa shape index (κ1) is 19.7. The summed E-state index contributed by atoms with van der Waals surface area (Å²) in [5.74, 6) is 1.63. The number of aryl methyl sites for hydroxylation is 1. The van der Waals surface area contributed by atoms with Crippen molar-refractivity contribution in [1.82, 2.24) is 15.1 Å². The van der Waals surface area contributed by atoms with Gasteiger partial charge >= 0.3 is 0 Å². The molecule has 5 nitrogen and oxygen atoms in total. The molecule has 1 aliphatic heterocycles. The number of hydrogen-bond acceptors (Lipinski definition) is 5. The quantitative estimate of drug-likeness (QED) is 0.558. The standard InChI is InChI=1S/C23H25N3O2S/c1-17-7-5-6-10-20(17)22-24-25-23(28-22)29-16-21(27)26-13-11-19(12-14-26)15-18-8-3-2-4-9-18/h2-10,19H,11-16H2,1H3. The van der Waals surface area contributed by atoms with Crippen LogP contribution in [0.1, 0.15) is 24.0 Å². The van der Waals surface area contributed by atoms with Gasteiger partial charge in [0.1, 0.15) is 0 Å². The third-order valence-electron chi connectivity index (χ3n) is 5.44. The molecule has 1 aliphatic rings. The van der Waals surface area contributed by atoms with Crippen molar-refractivity contribution in [2.75, 3.05) is 18.8 Å². The summed E-state index contributed by atoms with van der Waals surface area (Å²) >= 11 is 1.32. The van der Waals surface area contributed by atoms with Gasteiger partial charge in [-0.3, -0.25) is 4.79 Å². The van der Waals surface area contributed by atoms with Crippen molar-refractivity contribution in [2.24, 2.45) is 5.92 Å². The van der Waals surface area contributed by atoms with E-state index in [1.54, 1.807) is 0 Å². The first-order valence-electron chi connectivity index (χ1n) is 10.0. The number of aromatic nitrogens is 2. The first-order valence-corrected chi connectivity index (χ1v) is 11.0. The molecule has 0 atom stereocenters. The molecule has 1 saturated heterocycles. The largest absolute Gasteiger partial charge is 0.411 e. The molecule has 1 aromatic heterocycles. The Kier molecular flexibility index (Phi) is 6.30. The number of hydrogen-bond donors (Lipinski definition) is 0. The summed E-state index contributed by atoms with van der Waals surface area (Å²) in [6.07, 6.45) is 3.22. The van der Waals surface area contributed by atoms with Gasteiger partial charge in [0.2, 0.25) is 11.8 Å². The summed E-state index contributed by atoms with van der Waals surface area (Å²) in [7, 11) is 0. The minimum Gasteiger partial charge on any atom is -0.411 e. The van der Waals surface area contributed by atoms with Crippen molar-refractivity contribution >= 4 is 17.7 Å². The number of benzene rings is 2. The minimum atomic E-state index is 0.142. The number of piperidine rings is 1. The van der Waals surface area contributed by atoms with Crippen LogP contribution in [-0.4, -0.2) is 39.8 Å². The molecule has 2 aromatic carbocycles. The van der Waals surface area contributed by atoms with E-state index in [4.69, 9.17) is 4.42 Å². The molecular weight excluding hydrogens is 382 g/mol. The zero-order chi connectivity index (χ0) is 20.1. The van der Waals surface area contributed by atoms with Crippen molar-refractivity contribution < 1.29 is 9.21 Å². The normalized spacial score (nSPS) is 14.9. The van der Waals surface area contributed by atoms with Gasteiger partial charge in [-0.05, 0) is 49.3 Å². The number of carbonyl (C=O) groups is 1. The van der Waals surface area contributed by atoms with Crippen LogP contribution in [-0.2, 0) is 11.2 Å². The van der Waals surface area contributed by atoms with Crippen molar-refractivity contribution in [3.8, 4) is 11.5 Å². The van der Waals surface area contributed by atoms with Crippen LogP contribution >= 0.6 is 11.8 Å². The van der Waals surface area contributed by atoms with Gasteiger partial charge in [-0.15, -0.1) is 10.2 Å². The molecule has 6 heteroatoms. The van der Waals surface area contributed by atoms with E-state index in [1.165, 1.54) is 17.3 Å². The smallest absolute Gasteiger partial charge is 0.277 e. The Morgan fingerprint density at radius 1 is 1.07 bits per heavy atom. The zero-order valence-electron chi connectivity index (χ0n) is 16.6. The summed E-state index contributed by atoms with van der Waals surface area (Å²) in [5, 5.41) is 8.65. The maximum Gasteiger partial charge on any atom is 0.277 e. The van der Waals surface area contributed by atoms with Crippen molar-refractivity contribution in [3.63, 3.8) is 0 Å². The molecule has 1 amide bonds. The fourth-order valence-corrected chi connectivity index (χ4v) is 4.40. The molecule has 0 spiro atoms. The molecule has 3 aromatic rings. The van der Waals surface area contributed by atoms with Crippen LogP contribution in [0.3, 0.4) is 0 Å². The summed E-state index contributed by atoms with van der Waals surface area (Å²) in [5.41, 5.74) is 3.40. The molecule has 4 rings (SSSR count). The Balaban J connectivity index is 1.25. The van der Waals surface area contributed by atoms with Gasteiger partial charge in [-0.1, -0.05) is 60.3 Å². The SMILES string of the molecule is Cc1ccccc1-c1nnc(SCC(=O)N2CCC(Cc3ccccc3)CC2)o1. The molecular formula is C23H25N3O2S. The average molecular weight is 408 g/mol. The lowest BCUT2D eigenvalue weighted by molar-refractivity contribution is -0.129. The Labute approximate surface area is 175 Å². The topological polar surface area (TPSA) is 59.2 Å². The summed E-state index contributed by atoms with van der Waals surface area (Å²) in [6, 6.07) is 18.5. The van der Waals surface area contributed by atoms with Gasteiger partial charge in [0.15, 0.2) is 0 Å². The number of likely N-dealkylation sites (tertiary alicyclic amines) is 1. The van der Waals surface area contributed by atoms with Crippen LogP contribution in [0.25, 0.3) is 11.5 Å². The molecule has 0 N–H and O–H groups in total. The van der Waals surface area contributed by atoms with Crippen LogP contribution in [0, 0.1) is 12.8 Å². The van der Waals surface area contributed by atoms with Gasteiger partial charge in [0.25, 0.3) is 5.22 Å². The van der Waals surface area contributed by atoms with E-state index in [9.17, 15) is 4.79 Å². The fourth-order valence-electron chi connectivity index (χ4n) is 3.74. The number of amides is 1.